The second-order valence-corrected chi connectivity index (χ2v) is 7.38. The van der Waals surface area contributed by atoms with E-state index < -0.39 is 5.97 Å². The average molecular weight is 389 g/mol. The molecule has 29 heavy (non-hydrogen) atoms. The number of amides is 1. The Labute approximate surface area is 169 Å². The number of piperidine rings is 1. The number of hydrogen-bond acceptors (Lipinski definition) is 3. The van der Waals surface area contributed by atoms with Gasteiger partial charge in [-0.3, -0.25) is 4.79 Å². The number of aliphatic carboxylic acids is 1. The van der Waals surface area contributed by atoms with Crippen LogP contribution in [-0.4, -0.2) is 41.6 Å². The fraction of sp³-hybridized carbons (Fsp3) is 0.250. The highest BCUT2D eigenvalue weighted by atomic mass is 16.5. The Morgan fingerprint density at radius 3 is 2.45 bits per heavy atom. The van der Waals surface area contributed by atoms with Gasteiger partial charge in [-0.25, -0.2) is 4.79 Å². The number of nitrogens with zero attached hydrogens (tertiary/aromatic N) is 1. The number of benzene rings is 3. The van der Waals surface area contributed by atoms with E-state index in [-0.39, 0.29) is 12.5 Å². The molecule has 3 aromatic carbocycles. The highest BCUT2D eigenvalue weighted by Gasteiger charge is 2.25. The normalized spacial score (nSPS) is 14.7. The minimum Gasteiger partial charge on any atom is -0.482 e. The fourth-order valence-electron chi connectivity index (χ4n) is 3.92. The summed E-state index contributed by atoms with van der Waals surface area (Å²) in [5.74, 6) is -0.00717. The molecular formula is C24H23NO4. The molecule has 0 aliphatic carbocycles. The molecule has 1 saturated heterocycles. The first-order valence-electron chi connectivity index (χ1n) is 9.83. The van der Waals surface area contributed by atoms with E-state index in [0.29, 0.717) is 24.8 Å². The van der Waals surface area contributed by atoms with E-state index in [4.69, 9.17) is 9.84 Å². The van der Waals surface area contributed by atoms with E-state index in [1.54, 1.807) is 6.07 Å². The number of hydrogen-bond donors (Lipinski definition) is 1. The summed E-state index contributed by atoms with van der Waals surface area (Å²) in [6.07, 6.45) is 1.75. The van der Waals surface area contributed by atoms with Gasteiger partial charge >= 0.3 is 5.97 Å². The predicted molar refractivity (Wildman–Crippen MR) is 111 cm³/mol. The van der Waals surface area contributed by atoms with Gasteiger partial charge in [0.2, 0.25) is 0 Å². The Kier molecular flexibility index (Phi) is 5.47. The van der Waals surface area contributed by atoms with Crippen molar-refractivity contribution in [2.75, 3.05) is 19.7 Å². The monoisotopic (exact) mass is 389 g/mol. The van der Waals surface area contributed by atoms with Crippen LogP contribution in [0, 0.1) is 0 Å². The third kappa shape index (κ3) is 4.40. The lowest BCUT2D eigenvalue weighted by Crippen LogP contribution is -2.37. The van der Waals surface area contributed by atoms with Crippen LogP contribution in [0.5, 0.6) is 5.75 Å². The van der Waals surface area contributed by atoms with Crippen LogP contribution < -0.4 is 4.74 Å². The molecule has 3 aromatic rings. The zero-order valence-electron chi connectivity index (χ0n) is 16.1. The van der Waals surface area contributed by atoms with E-state index in [1.807, 2.05) is 65.6 Å². The summed E-state index contributed by atoms with van der Waals surface area (Å²) in [5, 5.41) is 11.0. The highest BCUT2D eigenvalue weighted by molar-refractivity contribution is 5.98. The van der Waals surface area contributed by atoms with Gasteiger partial charge in [0.25, 0.3) is 5.91 Å². The van der Waals surface area contributed by atoms with Gasteiger partial charge in [0.1, 0.15) is 5.75 Å². The molecule has 0 atom stereocenters. The second kappa shape index (κ2) is 8.35. The number of fused-ring (bicyclic) bond motifs is 1. The second-order valence-electron chi connectivity index (χ2n) is 7.38. The Balaban J connectivity index is 1.40. The topological polar surface area (TPSA) is 66.8 Å². The summed E-state index contributed by atoms with van der Waals surface area (Å²) < 4.78 is 5.29. The number of likely N-dealkylation sites (tertiary alicyclic amines) is 1. The number of carboxylic acid groups (broad SMARTS) is 1. The fourth-order valence-corrected chi connectivity index (χ4v) is 3.92. The number of carbonyl (C=O) groups is 2. The molecule has 0 spiro atoms. The van der Waals surface area contributed by atoms with Gasteiger partial charge < -0.3 is 14.7 Å². The molecule has 0 saturated carbocycles. The lowest BCUT2D eigenvalue weighted by molar-refractivity contribution is -0.139. The van der Waals surface area contributed by atoms with Crippen molar-refractivity contribution < 1.29 is 19.4 Å². The van der Waals surface area contributed by atoms with Crippen molar-refractivity contribution in [1.29, 1.82) is 0 Å². The van der Waals surface area contributed by atoms with Crippen molar-refractivity contribution in [3.63, 3.8) is 0 Å². The minimum atomic E-state index is -0.990. The molecule has 0 radical (unpaired) electrons. The maximum absolute atomic E-state index is 12.9. The summed E-state index contributed by atoms with van der Waals surface area (Å²) in [4.78, 5) is 25.5. The summed E-state index contributed by atoms with van der Waals surface area (Å²) >= 11 is 0. The molecule has 1 N–H and O–H groups in total. The molecule has 5 heteroatoms. The first kappa shape index (κ1) is 19.0. The summed E-state index contributed by atoms with van der Waals surface area (Å²) in [6, 6.07) is 21.5. The van der Waals surface area contributed by atoms with Crippen LogP contribution >= 0.6 is 0 Å². The number of carboxylic acids is 1. The van der Waals surface area contributed by atoms with Crippen molar-refractivity contribution in [2.24, 2.45) is 0 Å². The molecule has 0 unspecified atom stereocenters. The van der Waals surface area contributed by atoms with Crippen molar-refractivity contribution >= 4 is 22.6 Å². The van der Waals surface area contributed by atoms with Gasteiger partial charge in [-0.2, -0.15) is 0 Å². The largest absolute Gasteiger partial charge is 0.482 e. The van der Waals surface area contributed by atoms with E-state index in [1.165, 1.54) is 0 Å². The van der Waals surface area contributed by atoms with Gasteiger partial charge in [-0.1, -0.05) is 42.5 Å². The van der Waals surface area contributed by atoms with E-state index in [9.17, 15) is 9.59 Å². The first-order chi connectivity index (χ1) is 14.1. The van der Waals surface area contributed by atoms with Crippen LogP contribution in [0.2, 0.25) is 0 Å². The predicted octanol–water partition coefficient (Wildman–Crippen LogP) is 4.32. The van der Waals surface area contributed by atoms with E-state index in [0.717, 1.165) is 34.7 Å². The summed E-state index contributed by atoms with van der Waals surface area (Å²) in [7, 11) is 0. The van der Waals surface area contributed by atoms with Crippen LogP contribution in [0.25, 0.3) is 10.8 Å². The molecule has 1 fully saturated rings. The molecule has 1 amide bonds. The van der Waals surface area contributed by atoms with Gasteiger partial charge in [-0.15, -0.1) is 0 Å². The van der Waals surface area contributed by atoms with Crippen molar-refractivity contribution in [2.45, 2.75) is 18.8 Å². The third-order valence-corrected chi connectivity index (χ3v) is 5.47. The van der Waals surface area contributed by atoms with Crippen molar-refractivity contribution in [3.8, 4) is 5.75 Å². The summed E-state index contributed by atoms with van der Waals surface area (Å²) in [5.41, 5.74) is 1.86. The summed E-state index contributed by atoms with van der Waals surface area (Å²) in [6.45, 7) is 1.06. The zero-order valence-corrected chi connectivity index (χ0v) is 16.1. The number of ether oxygens (including phenoxy) is 1. The Morgan fingerprint density at radius 1 is 0.931 bits per heavy atom. The lowest BCUT2D eigenvalue weighted by atomic mass is 9.89. The maximum Gasteiger partial charge on any atom is 0.341 e. The molecule has 5 nitrogen and oxygen atoms in total. The Morgan fingerprint density at radius 2 is 1.69 bits per heavy atom. The molecule has 148 valence electrons. The van der Waals surface area contributed by atoms with Crippen LogP contribution in [0.15, 0.2) is 66.7 Å². The molecule has 0 aromatic heterocycles. The maximum atomic E-state index is 12.9. The van der Waals surface area contributed by atoms with Crippen molar-refractivity contribution in [1.82, 2.24) is 4.90 Å². The zero-order chi connectivity index (χ0) is 20.2. The smallest absolute Gasteiger partial charge is 0.341 e. The molecule has 4 rings (SSSR count). The van der Waals surface area contributed by atoms with Gasteiger partial charge in [-0.05, 0) is 59.4 Å². The molecule has 1 aliphatic heterocycles. The highest BCUT2D eigenvalue weighted by Crippen LogP contribution is 2.31. The van der Waals surface area contributed by atoms with Gasteiger partial charge in [0.05, 0.1) is 0 Å². The van der Waals surface area contributed by atoms with E-state index >= 15 is 0 Å². The number of carbonyl (C=O) groups excluding carboxylic acids is 1. The van der Waals surface area contributed by atoms with Crippen LogP contribution in [-0.2, 0) is 4.79 Å². The Hall–Kier alpha value is -3.34. The lowest BCUT2D eigenvalue weighted by Gasteiger charge is -2.32. The third-order valence-electron chi connectivity index (χ3n) is 5.47. The quantitative estimate of drug-likeness (QED) is 0.706. The average Bonchev–Trinajstić information content (AvgIpc) is 2.77. The van der Waals surface area contributed by atoms with Crippen LogP contribution in [0.3, 0.4) is 0 Å². The first-order valence-corrected chi connectivity index (χ1v) is 9.83. The van der Waals surface area contributed by atoms with Gasteiger partial charge in [0, 0.05) is 18.7 Å². The van der Waals surface area contributed by atoms with Crippen molar-refractivity contribution in [3.05, 3.63) is 77.9 Å². The number of rotatable bonds is 5. The molecule has 1 aliphatic rings. The Bertz CT molecular complexity index is 1040. The van der Waals surface area contributed by atoms with E-state index in [2.05, 4.69) is 0 Å². The molecule has 1 heterocycles. The molecule has 0 bridgehead atoms. The van der Waals surface area contributed by atoms with Crippen LogP contribution in [0.4, 0.5) is 0 Å². The van der Waals surface area contributed by atoms with Crippen LogP contribution in [0.1, 0.15) is 34.7 Å². The standard InChI is InChI=1S/C24H23NO4/c26-23(27)16-29-22-7-3-6-20(15-22)18-10-12-25(13-11-18)24(28)21-9-8-17-4-1-2-5-19(17)14-21/h1-9,14-15,18H,10-13,16H2,(H,26,27). The molecular weight excluding hydrogens is 366 g/mol. The van der Waals surface area contributed by atoms with Gasteiger partial charge in [0.15, 0.2) is 6.61 Å². The SMILES string of the molecule is O=C(O)COc1cccc(C2CCN(C(=O)c3ccc4ccccc4c3)CC2)c1. The minimum absolute atomic E-state index is 0.0766.